The van der Waals surface area contributed by atoms with Crippen LogP contribution < -0.4 is 10.1 Å². The van der Waals surface area contributed by atoms with Gasteiger partial charge in [0.2, 0.25) is 10.0 Å². The van der Waals surface area contributed by atoms with Gasteiger partial charge < -0.3 is 10.1 Å². The van der Waals surface area contributed by atoms with Crippen LogP contribution in [0.4, 0.5) is 5.69 Å². The maximum absolute atomic E-state index is 12.7. The van der Waals surface area contributed by atoms with Crippen molar-refractivity contribution < 1.29 is 17.9 Å². The molecule has 6 nitrogen and oxygen atoms in total. The maximum atomic E-state index is 12.7. The zero-order valence-corrected chi connectivity index (χ0v) is 17.3. The second-order valence-corrected chi connectivity index (χ2v) is 8.96. The molecule has 1 fully saturated rings. The van der Waals surface area contributed by atoms with Crippen molar-refractivity contribution in [2.45, 2.75) is 24.7 Å². The summed E-state index contributed by atoms with van der Waals surface area (Å²) < 4.78 is 32.9. The van der Waals surface area contributed by atoms with Gasteiger partial charge in [-0.25, -0.2) is 8.42 Å². The summed E-state index contributed by atoms with van der Waals surface area (Å²) in [5, 5.41) is 2.78. The third-order valence-corrected chi connectivity index (χ3v) is 6.89. The molecule has 1 heterocycles. The first-order chi connectivity index (χ1) is 12.9. The first kappa shape index (κ1) is 19.9. The fourth-order valence-electron chi connectivity index (χ4n) is 2.92. The number of carbonyl (C=O) groups excluding carboxylic acids is 1. The number of hydrogen-bond acceptors (Lipinski definition) is 4. The molecule has 2 aromatic carbocycles. The van der Waals surface area contributed by atoms with Crippen LogP contribution in [0.1, 0.15) is 30.1 Å². The highest BCUT2D eigenvalue weighted by Crippen LogP contribution is 2.26. The molecular formula is C19H21BrN2O4S. The number of ether oxygens (including phenoxy) is 1. The minimum Gasteiger partial charge on any atom is -0.494 e. The molecule has 2 aromatic rings. The van der Waals surface area contributed by atoms with Gasteiger partial charge in [0, 0.05) is 23.2 Å². The molecule has 27 heavy (non-hydrogen) atoms. The molecular weight excluding hydrogens is 432 g/mol. The smallest absolute Gasteiger partial charge is 0.256 e. The van der Waals surface area contributed by atoms with Crippen molar-refractivity contribution in [3.05, 3.63) is 52.5 Å². The summed E-state index contributed by atoms with van der Waals surface area (Å²) in [5.41, 5.74) is 0.868. The molecule has 0 unspecified atom stereocenters. The van der Waals surface area contributed by atoms with Gasteiger partial charge in [-0.2, -0.15) is 4.31 Å². The van der Waals surface area contributed by atoms with E-state index >= 15 is 0 Å². The molecule has 1 aliphatic rings. The molecule has 1 saturated heterocycles. The number of halogens is 1. The van der Waals surface area contributed by atoms with Crippen LogP contribution in [0, 0.1) is 0 Å². The Balaban J connectivity index is 1.82. The van der Waals surface area contributed by atoms with Crippen LogP contribution >= 0.6 is 15.9 Å². The minimum absolute atomic E-state index is 0.129. The maximum Gasteiger partial charge on any atom is 0.256 e. The Morgan fingerprint density at radius 3 is 2.44 bits per heavy atom. The predicted octanol–water partition coefficient (Wildman–Crippen LogP) is 3.88. The first-order valence-electron chi connectivity index (χ1n) is 8.75. The first-order valence-corrected chi connectivity index (χ1v) is 11.0. The van der Waals surface area contributed by atoms with Gasteiger partial charge in [-0.3, -0.25) is 4.79 Å². The molecule has 1 aliphatic heterocycles. The monoisotopic (exact) mass is 452 g/mol. The number of hydrogen-bond donors (Lipinski definition) is 1. The SMILES string of the molecule is CCOc1ccc(NC(=O)c2cc(S(=O)(=O)N3CCCC3)ccc2Br)cc1. The Labute approximate surface area is 167 Å². The van der Waals surface area contributed by atoms with Crippen molar-refractivity contribution in [1.29, 1.82) is 0 Å². The van der Waals surface area contributed by atoms with Gasteiger partial charge in [0.05, 0.1) is 17.1 Å². The average molecular weight is 453 g/mol. The molecule has 3 rings (SSSR count). The highest BCUT2D eigenvalue weighted by Gasteiger charge is 2.28. The Kier molecular flexibility index (Phi) is 6.18. The van der Waals surface area contributed by atoms with Crippen molar-refractivity contribution in [3.63, 3.8) is 0 Å². The highest BCUT2D eigenvalue weighted by molar-refractivity contribution is 9.10. The summed E-state index contributed by atoms with van der Waals surface area (Å²) in [4.78, 5) is 12.8. The zero-order valence-electron chi connectivity index (χ0n) is 14.9. The Bertz CT molecular complexity index is 923. The van der Waals surface area contributed by atoms with Crippen LogP contribution in [0.5, 0.6) is 5.75 Å². The lowest BCUT2D eigenvalue weighted by molar-refractivity contribution is 0.102. The largest absolute Gasteiger partial charge is 0.494 e. The number of nitrogens with zero attached hydrogens (tertiary/aromatic N) is 1. The molecule has 0 radical (unpaired) electrons. The van der Waals surface area contributed by atoms with Crippen LogP contribution in [0.3, 0.4) is 0 Å². The normalized spacial score (nSPS) is 14.9. The Hall–Kier alpha value is -1.90. The number of anilines is 1. The molecule has 0 saturated carbocycles. The van der Waals surface area contributed by atoms with E-state index in [-0.39, 0.29) is 16.4 Å². The Morgan fingerprint density at radius 2 is 1.81 bits per heavy atom. The van der Waals surface area contributed by atoms with E-state index in [1.165, 1.54) is 16.4 Å². The minimum atomic E-state index is -3.58. The number of rotatable bonds is 6. The molecule has 0 aliphatic carbocycles. The van der Waals surface area contributed by atoms with Crippen LogP contribution in [0.15, 0.2) is 51.8 Å². The molecule has 1 amide bonds. The second-order valence-electron chi connectivity index (χ2n) is 6.16. The number of benzene rings is 2. The summed E-state index contributed by atoms with van der Waals surface area (Å²) in [7, 11) is -3.58. The van der Waals surface area contributed by atoms with E-state index < -0.39 is 10.0 Å². The molecule has 8 heteroatoms. The summed E-state index contributed by atoms with van der Waals surface area (Å²) in [6.07, 6.45) is 1.72. The van der Waals surface area contributed by atoms with E-state index in [0.29, 0.717) is 29.9 Å². The fourth-order valence-corrected chi connectivity index (χ4v) is 4.89. The third-order valence-electron chi connectivity index (χ3n) is 4.31. The lowest BCUT2D eigenvalue weighted by Crippen LogP contribution is -2.28. The van der Waals surface area contributed by atoms with E-state index in [4.69, 9.17) is 4.74 Å². The van der Waals surface area contributed by atoms with Gasteiger partial charge >= 0.3 is 0 Å². The topological polar surface area (TPSA) is 75.7 Å². The van der Waals surface area contributed by atoms with Gasteiger partial charge in [-0.05, 0) is 78.2 Å². The van der Waals surface area contributed by atoms with Crippen LogP contribution in [0.2, 0.25) is 0 Å². The van der Waals surface area contributed by atoms with E-state index in [1.54, 1.807) is 30.3 Å². The summed E-state index contributed by atoms with van der Waals surface area (Å²) in [5.74, 6) is 0.333. The quantitative estimate of drug-likeness (QED) is 0.721. The van der Waals surface area contributed by atoms with Gasteiger partial charge in [0.25, 0.3) is 5.91 Å². The van der Waals surface area contributed by atoms with Crippen molar-refractivity contribution >= 4 is 37.5 Å². The standard InChI is InChI=1S/C19H21BrN2O4S/c1-2-26-15-7-5-14(6-8-15)21-19(23)17-13-16(9-10-18(17)20)27(24,25)22-11-3-4-12-22/h5-10,13H,2-4,11-12H2,1H3,(H,21,23). The molecule has 0 bridgehead atoms. The molecule has 144 valence electrons. The summed E-state index contributed by atoms with van der Waals surface area (Å²) >= 11 is 3.34. The van der Waals surface area contributed by atoms with Crippen LogP contribution in [-0.2, 0) is 10.0 Å². The molecule has 1 N–H and O–H groups in total. The predicted molar refractivity (Wildman–Crippen MR) is 108 cm³/mol. The zero-order chi connectivity index (χ0) is 19.4. The second kappa shape index (κ2) is 8.41. The van der Waals surface area contributed by atoms with Crippen molar-refractivity contribution in [3.8, 4) is 5.75 Å². The van der Waals surface area contributed by atoms with Crippen molar-refractivity contribution in [2.75, 3.05) is 25.0 Å². The lowest BCUT2D eigenvalue weighted by Gasteiger charge is -2.16. The summed E-state index contributed by atoms with van der Waals surface area (Å²) in [6, 6.07) is 11.5. The molecule has 0 spiro atoms. The van der Waals surface area contributed by atoms with Gasteiger partial charge in [0.15, 0.2) is 0 Å². The van der Waals surface area contributed by atoms with Crippen LogP contribution in [0.25, 0.3) is 0 Å². The number of sulfonamides is 1. The highest BCUT2D eigenvalue weighted by atomic mass is 79.9. The van der Waals surface area contributed by atoms with Crippen molar-refractivity contribution in [2.24, 2.45) is 0 Å². The number of nitrogens with one attached hydrogen (secondary N) is 1. The number of carbonyl (C=O) groups is 1. The summed E-state index contributed by atoms with van der Waals surface area (Å²) in [6.45, 7) is 3.51. The van der Waals surface area contributed by atoms with E-state index in [1.807, 2.05) is 6.92 Å². The lowest BCUT2D eigenvalue weighted by atomic mass is 10.2. The van der Waals surface area contributed by atoms with Crippen molar-refractivity contribution in [1.82, 2.24) is 4.31 Å². The van der Waals surface area contributed by atoms with Gasteiger partial charge in [-0.15, -0.1) is 0 Å². The Morgan fingerprint density at radius 1 is 1.15 bits per heavy atom. The van der Waals surface area contributed by atoms with E-state index in [0.717, 1.165) is 18.6 Å². The van der Waals surface area contributed by atoms with Gasteiger partial charge in [0.1, 0.15) is 5.75 Å². The van der Waals surface area contributed by atoms with E-state index in [9.17, 15) is 13.2 Å². The number of amides is 1. The fraction of sp³-hybridized carbons (Fsp3) is 0.316. The third kappa shape index (κ3) is 4.51. The molecule has 0 aromatic heterocycles. The molecule has 0 atom stereocenters. The van der Waals surface area contributed by atoms with E-state index in [2.05, 4.69) is 21.2 Å². The van der Waals surface area contributed by atoms with Crippen LogP contribution in [-0.4, -0.2) is 38.3 Å². The average Bonchev–Trinajstić information content (AvgIpc) is 3.19. The van der Waals surface area contributed by atoms with Gasteiger partial charge in [-0.1, -0.05) is 0 Å².